The van der Waals surface area contributed by atoms with E-state index in [1.807, 2.05) is 25.1 Å². The molecule has 11 heteroatoms. The van der Waals surface area contributed by atoms with Crippen LogP contribution in [0.5, 0.6) is 11.5 Å². The van der Waals surface area contributed by atoms with Crippen molar-refractivity contribution >= 4 is 39.9 Å². The minimum absolute atomic E-state index is 0.102. The van der Waals surface area contributed by atoms with Crippen LogP contribution in [0.1, 0.15) is 27.3 Å². The van der Waals surface area contributed by atoms with Crippen LogP contribution in [0, 0.1) is 12.8 Å². The molecule has 0 bridgehead atoms. The van der Waals surface area contributed by atoms with Crippen molar-refractivity contribution in [1.82, 2.24) is 15.5 Å². The van der Waals surface area contributed by atoms with Gasteiger partial charge in [-0.2, -0.15) is 0 Å². The first kappa shape index (κ1) is 25.1. The second-order valence-electron chi connectivity index (χ2n) is 8.31. The van der Waals surface area contributed by atoms with Crippen LogP contribution in [0.4, 0.5) is 10.8 Å². The van der Waals surface area contributed by atoms with E-state index in [1.54, 1.807) is 43.4 Å². The number of carbonyl (C=O) groups is 3. The zero-order valence-electron chi connectivity index (χ0n) is 20.2. The standard InChI is InChI=1S/C25H27N5O5S/c1-15-7-8-20(35-3)19(11-15)30-14-17(13-22(30)31)24(33)27-25-29-28-21(36-25)9-10-26-23(32)16-5-4-6-18(12-16)34-2/h4-8,11-12,17H,9-10,13-14H2,1-3H3,(H,26,32)(H,27,29,33). The van der Waals surface area contributed by atoms with Gasteiger partial charge >= 0.3 is 0 Å². The zero-order chi connectivity index (χ0) is 25.7. The number of hydrogen-bond donors (Lipinski definition) is 2. The van der Waals surface area contributed by atoms with Crippen molar-refractivity contribution in [3.8, 4) is 11.5 Å². The molecule has 1 atom stereocenters. The van der Waals surface area contributed by atoms with Crippen LogP contribution in [0.15, 0.2) is 42.5 Å². The van der Waals surface area contributed by atoms with Gasteiger partial charge in [0.15, 0.2) is 0 Å². The van der Waals surface area contributed by atoms with Crippen molar-refractivity contribution < 1.29 is 23.9 Å². The van der Waals surface area contributed by atoms with Gasteiger partial charge in [0, 0.05) is 31.5 Å². The first-order valence-corrected chi connectivity index (χ1v) is 12.2. The summed E-state index contributed by atoms with van der Waals surface area (Å²) >= 11 is 1.24. The summed E-state index contributed by atoms with van der Waals surface area (Å²) in [7, 11) is 3.10. The third-order valence-corrected chi connectivity index (χ3v) is 6.67. The molecular weight excluding hydrogens is 482 g/mol. The monoisotopic (exact) mass is 509 g/mol. The van der Waals surface area contributed by atoms with Gasteiger partial charge < -0.3 is 25.0 Å². The van der Waals surface area contributed by atoms with Crippen LogP contribution >= 0.6 is 11.3 Å². The third-order valence-electron chi connectivity index (χ3n) is 5.77. The minimum atomic E-state index is -0.516. The van der Waals surface area contributed by atoms with Gasteiger partial charge in [0.25, 0.3) is 5.91 Å². The molecule has 0 spiro atoms. The summed E-state index contributed by atoms with van der Waals surface area (Å²) in [5.74, 6) is 0.0414. The first-order valence-electron chi connectivity index (χ1n) is 11.4. The Morgan fingerprint density at radius 3 is 2.75 bits per heavy atom. The summed E-state index contributed by atoms with van der Waals surface area (Å²) in [6.45, 7) is 2.56. The van der Waals surface area contributed by atoms with E-state index in [0.29, 0.717) is 45.9 Å². The molecule has 1 aromatic heterocycles. The summed E-state index contributed by atoms with van der Waals surface area (Å²) in [5.41, 5.74) is 2.16. The van der Waals surface area contributed by atoms with Crippen LogP contribution in [0.3, 0.4) is 0 Å². The number of nitrogens with one attached hydrogen (secondary N) is 2. The van der Waals surface area contributed by atoms with Crippen molar-refractivity contribution in [2.45, 2.75) is 19.8 Å². The predicted molar refractivity (Wildman–Crippen MR) is 136 cm³/mol. The van der Waals surface area contributed by atoms with Crippen molar-refractivity contribution in [3.05, 3.63) is 58.6 Å². The predicted octanol–water partition coefficient (Wildman–Crippen LogP) is 2.83. The first-order chi connectivity index (χ1) is 17.4. The highest BCUT2D eigenvalue weighted by Gasteiger charge is 2.36. The molecule has 1 aliphatic heterocycles. The van der Waals surface area contributed by atoms with Gasteiger partial charge in [-0.25, -0.2) is 0 Å². The van der Waals surface area contributed by atoms with Crippen molar-refractivity contribution in [3.63, 3.8) is 0 Å². The molecule has 2 aromatic carbocycles. The normalized spacial score (nSPS) is 15.0. The zero-order valence-corrected chi connectivity index (χ0v) is 21.1. The van der Waals surface area contributed by atoms with Crippen LogP contribution < -0.4 is 25.0 Å². The number of aryl methyl sites for hydroxylation is 1. The Bertz CT molecular complexity index is 1280. The van der Waals surface area contributed by atoms with E-state index in [0.717, 1.165) is 5.56 Å². The molecule has 0 saturated carbocycles. The van der Waals surface area contributed by atoms with E-state index in [-0.39, 0.29) is 30.7 Å². The second kappa shape index (κ2) is 11.2. The molecule has 1 unspecified atom stereocenters. The molecule has 3 amide bonds. The summed E-state index contributed by atoms with van der Waals surface area (Å²) < 4.78 is 10.5. The lowest BCUT2D eigenvalue weighted by atomic mass is 10.1. The number of amides is 3. The number of methoxy groups -OCH3 is 2. The Hall–Kier alpha value is -3.99. The number of benzene rings is 2. The van der Waals surface area contributed by atoms with Gasteiger partial charge in [-0.05, 0) is 42.8 Å². The Morgan fingerprint density at radius 1 is 1.14 bits per heavy atom. The summed E-state index contributed by atoms with van der Waals surface area (Å²) in [5, 5.41) is 14.8. The third kappa shape index (κ3) is 5.80. The molecule has 2 N–H and O–H groups in total. The Kier molecular flexibility index (Phi) is 7.79. The topological polar surface area (TPSA) is 123 Å². The Labute approximate surface area is 212 Å². The molecule has 0 radical (unpaired) electrons. The SMILES string of the molecule is COc1cccc(C(=O)NCCc2nnc(NC(=O)C3CC(=O)N(c4cc(C)ccc4OC)C3)s2)c1. The van der Waals surface area contributed by atoms with E-state index in [4.69, 9.17) is 9.47 Å². The molecule has 3 aromatic rings. The van der Waals surface area contributed by atoms with Crippen molar-refractivity contribution in [1.29, 1.82) is 0 Å². The number of rotatable bonds is 9. The number of ether oxygens (including phenoxy) is 2. The van der Waals surface area contributed by atoms with E-state index in [9.17, 15) is 14.4 Å². The van der Waals surface area contributed by atoms with Crippen LogP contribution in [-0.2, 0) is 16.0 Å². The molecule has 36 heavy (non-hydrogen) atoms. The smallest absolute Gasteiger partial charge is 0.251 e. The largest absolute Gasteiger partial charge is 0.497 e. The van der Waals surface area contributed by atoms with Gasteiger partial charge in [-0.1, -0.05) is 23.5 Å². The van der Waals surface area contributed by atoms with Crippen molar-refractivity contribution in [2.75, 3.05) is 37.5 Å². The summed E-state index contributed by atoms with van der Waals surface area (Å²) in [6.07, 6.45) is 0.566. The highest BCUT2D eigenvalue weighted by molar-refractivity contribution is 7.15. The molecule has 1 fully saturated rings. The van der Waals surface area contributed by atoms with E-state index in [1.165, 1.54) is 11.3 Å². The Morgan fingerprint density at radius 2 is 1.97 bits per heavy atom. The Balaban J connectivity index is 1.29. The fourth-order valence-electron chi connectivity index (χ4n) is 3.89. The lowest BCUT2D eigenvalue weighted by Crippen LogP contribution is -2.28. The van der Waals surface area contributed by atoms with Crippen LogP contribution in [0.25, 0.3) is 0 Å². The second-order valence-corrected chi connectivity index (χ2v) is 9.37. The van der Waals surface area contributed by atoms with Crippen LogP contribution in [0.2, 0.25) is 0 Å². The number of aromatic nitrogens is 2. The average molecular weight is 510 g/mol. The highest BCUT2D eigenvalue weighted by atomic mass is 32.1. The fourth-order valence-corrected chi connectivity index (χ4v) is 4.63. The summed E-state index contributed by atoms with van der Waals surface area (Å²) in [6, 6.07) is 12.5. The number of hydrogen-bond acceptors (Lipinski definition) is 8. The van der Waals surface area contributed by atoms with Gasteiger partial charge in [0.1, 0.15) is 16.5 Å². The van der Waals surface area contributed by atoms with E-state index in [2.05, 4.69) is 20.8 Å². The quantitative estimate of drug-likeness (QED) is 0.455. The maximum Gasteiger partial charge on any atom is 0.251 e. The van der Waals surface area contributed by atoms with Gasteiger partial charge in [-0.3, -0.25) is 14.4 Å². The van der Waals surface area contributed by atoms with Gasteiger partial charge in [0.2, 0.25) is 16.9 Å². The van der Waals surface area contributed by atoms with Crippen molar-refractivity contribution in [2.24, 2.45) is 5.92 Å². The highest BCUT2D eigenvalue weighted by Crippen LogP contribution is 2.34. The van der Waals surface area contributed by atoms with Crippen LogP contribution in [-0.4, -0.2) is 55.2 Å². The number of nitrogens with zero attached hydrogens (tertiary/aromatic N) is 3. The lowest BCUT2D eigenvalue weighted by molar-refractivity contribution is -0.122. The maximum atomic E-state index is 12.8. The molecule has 0 aliphatic carbocycles. The molecule has 4 rings (SSSR count). The molecule has 188 valence electrons. The minimum Gasteiger partial charge on any atom is -0.497 e. The van der Waals surface area contributed by atoms with E-state index >= 15 is 0 Å². The molecule has 1 aliphatic rings. The number of anilines is 2. The van der Waals surface area contributed by atoms with Gasteiger partial charge in [-0.15, -0.1) is 10.2 Å². The summed E-state index contributed by atoms with van der Waals surface area (Å²) in [4.78, 5) is 39.4. The average Bonchev–Trinajstić information content (AvgIpc) is 3.50. The van der Waals surface area contributed by atoms with E-state index < -0.39 is 5.92 Å². The molecular formula is C25H27N5O5S. The number of carbonyl (C=O) groups excluding carboxylic acids is 3. The van der Waals surface area contributed by atoms with Gasteiger partial charge in [0.05, 0.1) is 25.8 Å². The molecule has 1 saturated heterocycles. The maximum absolute atomic E-state index is 12.8. The fraction of sp³-hybridized carbons (Fsp3) is 0.320. The molecule has 10 nitrogen and oxygen atoms in total. The molecule has 2 heterocycles. The lowest BCUT2D eigenvalue weighted by Gasteiger charge is -2.20.